The first-order valence-corrected chi connectivity index (χ1v) is 74.3. The molecule has 0 aliphatic rings. The summed E-state index contributed by atoms with van der Waals surface area (Å²) >= 11 is 0. The summed E-state index contributed by atoms with van der Waals surface area (Å²) in [5.41, 5.74) is 0. The Balaban J connectivity index is -0.0000000480. The third kappa shape index (κ3) is 489. The number of hydrogen-bond donors (Lipinski definition) is 0. The second-order valence-corrected chi connectivity index (χ2v) is 210. The fourth-order valence-corrected chi connectivity index (χ4v) is 0. The van der Waals surface area contributed by atoms with E-state index in [1.165, 1.54) is 0 Å². The molecule has 3 radical (unpaired) electrons. The van der Waals surface area contributed by atoms with Gasteiger partial charge in [-0.15, -0.1) is 0 Å². The monoisotopic (exact) mass is 2190 g/mol. The first kappa shape index (κ1) is 58.1. The summed E-state index contributed by atoms with van der Waals surface area (Å²) < 4.78 is 0. The third-order valence-electron chi connectivity index (χ3n) is 0. The van der Waals surface area contributed by atoms with Crippen molar-refractivity contribution >= 4 is 230 Å². The van der Waals surface area contributed by atoms with Crippen LogP contribution in [0, 0.1) is 0 Å². The molecule has 0 spiro atoms. The van der Waals surface area contributed by atoms with Gasteiger partial charge in [0.2, 0.25) is 0 Å². The minimum Gasteiger partial charge on any atom is 4.00 e. The zero-order chi connectivity index (χ0) is 25.6. The molecule has 0 bridgehead atoms. The standard InChI is InChI=1S/24ClH.7Ir/h24*1H;;;;;;;/q;;;;;;;;;;;;;;;;;;;;;;;;4*+3;3*+4/p-24. The van der Waals surface area contributed by atoms with Crippen molar-refractivity contribution in [2.75, 3.05) is 0 Å². The van der Waals surface area contributed by atoms with Crippen molar-refractivity contribution in [3.05, 3.63) is 0 Å². The average molecular weight is 2200 g/mol. The number of rotatable bonds is 0. The minimum absolute atomic E-state index is 0. The molecule has 0 atom stereocenters. The van der Waals surface area contributed by atoms with Crippen LogP contribution in [0.3, 0.4) is 0 Å². The predicted octanol–water partition coefficient (Wildman–Crippen LogP) is 16.5. The fourth-order valence-electron chi connectivity index (χ4n) is 0. The predicted molar refractivity (Wildman–Crippen MR) is 140 cm³/mol. The van der Waals surface area contributed by atoms with Gasteiger partial charge in [0.25, 0.3) is 0 Å². The van der Waals surface area contributed by atoms with Crippen LogP contribution >= 0.6 is 230 Å². The first-order valence-electron chi connectivity index (χ1n) is 3.02. The molecule has 0 rings (SSSR count). The molecule has 0 aliphatic carbocycles. The maximum atomic E-state index is 5.06. The summed E-state index contributed by atoms with van der Waals surface area (Å²) in [7, 11) is 121. The van der Waals surface area contributed by atoms with Gasteiger partial charge in [-0.25, -0.2) is 0 Å². The SMILES string of the molecule is [Cl][Ir-3]([Cl])([Cl])([Cl])([Cl])[Cl].[Cl][Ir-3]([Cl])([Cl])([Cl])([Cl])[Cl].[Cl][Ir-3]([Cl])([Cl])([Cl])([Cl])[Cl].[Cl][Ir-3]([Cl])([Cl])([Cl])([Cl])[Cl].[Ir+4].[Ir+4].[Ir+4]. The van der Waals surface area contributed by atoms with Crippen LogP contribution in [0.25, 0.3) is 0 Å². The molecule has 0 aliphatic heterocycles. The van der Waals surface area contributed by atoms with E-state index in [1.54, 1.807) is 0 Å². The second kappa shape index (κ2) is 13.3. The van der Waals surface area contributed by atoms with E-state index >= 15 is 0 Å². The van der Waals surface area contributed by atoms with Crippen molar-refractivity contribution in [1.82, 2.24) is 0 Å². The van der Waals surface area contributed by atoms with Gasteiger partial charge in [-0.2, -0.15) is 0 Å². The van der Waals surface area contributed by atoms with E-state index in [1.807, 2.05) is 0 Å². The Labute approximate surface area is 308 Å². The molecule has 0 unspecified atom stereocenters. The van der Waals surface area contributed by atoms with Crippen molar-refractivity contribution in [2.24, 2.45) is 0 Å². The van der Waals surface area contributed by atoms with Crippen molar-refractivity contribution < 1.29 is 87.5 Å². The van der Waals surface area contributed by atoms with E-state index in [9.17, 15) is 0 Å². The van der Waals surface area contributed by atoms with Crippen molar-refractivity contribution in [3.63, 3.8) is 0 Å². The van der Waals surface area contributed by atoms with Crippen LogP contribution in [0.5, 0.6) is 0 Å². The van der Waals surface area contributed by atoms with Crippen LogP contribution in [0.2, 0.25) is 0 Å². The van der Waals surface area contributed by atoms with Gasteiger partial charge in [-0.05, 0) is 0 Å². The van der Waals surface area contributed by atoms with Gasteiger partial charge in [0.15, 0.2) is 0 Å². The molecule has 231 valence electrons. The Morgan fingerprint density at radius 1 is 0.161 bits per heavy atom. The van der Waals surface area contributed by atoms with E-state index in [0.29, 0.717) is 0 Å². The molecule has 0 fully saturated rings. The largest absolute Gasteiger partial charge is 4.00 e. The van der Waals surface area contributed by atoms with Crippen molar-refractivity contribution in [3.8, 4) is 0 Å². The summed E-state index contributed by atoms with van der Waals surface area (Å²) in [6, 6.07) is 0. The zero-order valence-corrected chi connectivity index (χ0v) is 46.3. The van der Waals surface area contributed by atoms with E-state index < -0.39 is 27.2 Å². The van der Waals surface area contributed by atoms with Crippen LogP contribution in [0.15, 0.2) is 0 Å². The summed E-state index contributed by atoms with van der Waals surface area (Å²) in [5, 5.41) is 0. The Kier molecular flexibility index (Phi) is 25.0. The van der Waals surface area contributed by atoms with Crippen LogP contribution in [0.1, 0.15) is 0 Å². The normalized spacial score (nSPS) is 20.9. The quantitative estimate of drug-likeness (QED) is 0.227. The molecule has 31 heteroatoms. The van der Waals surface area contributed by atoms with Gasteiger partial charge in [0.1, 0.15) is 0 Å². The summed E-state index contributed by atoms with van der Waals surface area (Å²) in [6.45, 7) is -21.3. The summed E-state index contributed by atoms with van der Waals surface area (Å²) in [4.78, 5) is 0. The van der Waals surface area contributed by atoms with Gasteiger partial charge < -0.3 is 0 Å². The molecule has 0 saturated heterocycles. The van der Waals surface area contributed by atoms with Gasteiger partial charge in [0, 0.05) is 0 Å². The molecule has 0 aromatic carbocycles. The Morgan fingerprint density at radius 2 is 0.161 bits per heavy atom. The molecule has 0 aromatic heterocycles. The molecule has 0 amide bonds. The molecule has 0 saturated carbocycles. The van der Waals surface area contributed by atoms with E-state index in [-0.39, 0.29) is 60.3 Å². The van der Waals surface area contributed by atoms with E-state index in [2.05, 4.69) is 0 Å². The number of hydrogen-bond acceptors (Lipinski definition) is 0. The van der Waals surface area contributed by atoms with Crippen LogP contribution in [0.4, 0.5) is 0 Å². The average Bonchev–Trinajstić information content (AvgIpc) is 1.39. The Morgan fingerprint density at radius 3 is 0.161 bits per heavy atom. The molecule has 0 aromatic rings. The minimum atomic E-state index is -5.33. The first-order chi connectivity index (χ1) is 9.80. The van der Waals surface area contributed by atoms with Crippen molar-refractivity contribution in [2.45, 2.75) is 0 Å². The second-order valence-electron chi connectivity index (χ2n) is 2.86. The van der Waals surface area contributed by atoms with Crippen LogP contribution in [-0.2, 0) is 87.5 Å². The number of halogens is 24. The van der Waals surface area contributed by atoms with Gasteiger partial charge in [-0.3, -0.25) is 0 Å². The molecule has 0 nitrogen and oxygen atoms in total. The summed E-state index contributed by atoms with van der Waals surface area (Å²) in [6.07, 6.45) is 0. The topological polar surface area (TPSA) is 0 Å². The smallest absolute Gasteiger partial charge is 4.00 e. The molecule has 31 heavy (non-hydrogen) atoms. The molecule has 0 N–H and O–H groups in total. The van der Waals surface area contributed by atoms with Crippen LogP contribution in [-0.4, -0.2) is 0 Å². The fraction of sp³-hybridized carbons (Fsp3) is 0. The van der Waals surface area contributed by atoms with E-state index in [4.69, 9.17) is 230 Å². The summed E-state index contributed by atoms with van der Waals surface area (Å²) in [5.74, 6) is 0. The Bertz CT molecular complexity index is 378. The van der Waals surface area contributed by atoms with Crippen molar-refractivity contribution in [1.29, 1.82) is 0 Å². The van der Waals surface area contributed by atoms with Gasteiger partial charge >= 0.3 is 318 Å². The van der Waals surface area contributed by atoms with Gasteiger partial charge in [0.05, 0.1) is 0 Å². The zero-order valence-electron chi connectivity index (χ0n) is 11.4. The van der Waals surface area contributed by atoms with Gasteiger partial charge in [-0.1, -0.05) is 0 Å². The maximum absolute atomic E-state index is 5.33. The molecular formula is Cl24Ir7. The third-order valence-corrected chi connectivity index (χ3v) is 0. The Hall–Kier alpha value is 11.5. The molecule has 0 heterocycles. The van der Waals surface area contributed by atoms with E-state index in [0.717, 1.165) is 0 Å². The van der Waals surface area contributed by atoms with Crippen LogP contribution < -0.4 is 0 Å². The maximum Gasteiger partial charge on any atom is 4.00 e. The molecular weight excluding hydrogens is 2200 g/mol.